The van der Waals surface area contributed by atoms with Gasteiger partial charge >= 0.3 is 29.6 Å². The fourth-order valence-corrected chi connectivity index (χ4v) is 10.3. The van der Waals surface area contributed by atoms with Gasteiger partial charge in [0.05, 0.1) is 19.8 Å². The molecule has 2 aliphatic rings. The third-order valence-corrected chi connectivity index (χ3v) is 11.6. The number of rotatable bonds is 7. The molecule has 5 nitrogen and oxygen atoms in total. The van der Waals surface area contributed by atoms with Gasteiger partial charge in [0.15, 0.2) is 5.75 Å². The quantitative estimate of drug-likeness (QED) is 0.290. The standard InChI is InChI=1S/C26H35O5PS.Na.H/c1-30-22-17-18-24(33(27,28)29)26(31-2)25(22)21-15-9-10-16-23(21)32(19-11-5-3-6-12-19)20-13-7-4-8-14-20;;/h9-10,15-20H,3-8,11-14H2,1-2H3,(H,27,28,29);;. The Hall–Kier alpha value is -0.620. The van der Waals surface area contributed by atoms with Crippen LogP contribution >= 0.6 is 7.92 Å². The first-order chi connectivity index (χ1) is 16.0. The van der Waals surface area contributed by atoms with Crippen LogP contribution in [0.2, 0.25) is 0 Å². The van der Waals surface area contributed by atoms with E-state index in [1.165, 1.54) is 82.7 Å². The Morgan fingerprint density at radius 3 is 1.88 bits per heavy atom. The maximum absolute atomic E-state index is 12.1. The molecule has 2 aromatic rings. The Labute approximate surface area is 227 Å². The molecule has 2 aromatic carbocycles. The summed E-state index contributed by atoms with van der Waals surface area (Å²) < 4.78 is 45.5. The Morgan fingerprint density at radius 1 is 0.824 bits per heavy atom. The second-order valence-corrected chi connectivity index (χ2v) is 13.3. The Bertz CT molecular complexity index is 1040. The van der Waals surface area contributed by atoms with Crippen LogP contribution in [0.15, 0.2) is 41.3 Å². The summed E-state index contributed by atoms with van der Waals surface area (Å²) in [5, 5.41) is 1.32. The fourth-order valence-electron chi connectivity index (χ4n) is 5.70. The fraction of sp³-hybridized carbons (Fsp3) is 0.538. The minimum absolute atomic E-state index is 0. The van der Waals surface area contributed by atoms with Crippen molar-refractivity contribution in [2.75, 3.05) is 14.2 Å². The molecule has 0 heterocycles. The molecule has 0 amide bonds. The monoisotopic (exact) mass is 514 g/mol. The first-order valence-electron chi connectivity index (χ1n) is 12.1. The topological polar surface area (TPSA) is 72.8 Å². The van der Waals surface area contributed by atoms with Gasteiger partial charge in [-0.2, -0.15) is 8.42 Å². The molecule has 182 valence electrons. The van der Waals surface area contributed by atoms with E-state index in [0.29, 0.717) is 22.6 Å². The molecule has 34 heavy (non-hydrogen) atoms. The second-order valence-electron chi connectivity index (χ2n) is 9.16. The first kappa shape index (κ1) is 28.0. The zero-order valence-electron chi connectivity index (χ0n) is 19.6. The van der Waals surface area contributed by atoms with Crippen molar-refractivity contribution >= 4 is 52.9 Å². The van der Waals surface area contributed by atoms with Gasteiger partial charge in [-0.25, -0.2) is 0 Å². The van der Waals surface area contributed by atoms with Gasteiger partial charge in [0.2, 0.25) is 0 Å². The molecule has 2 fully saturated rings. The van der Waals surface area contributed by atoms with E-state index in [1.54, 1.807) is 13.2 Å². The molecule has 0 atom stereocenters. The van der Waals surface area contributed by atoms with Gasteiger partial charge < -0.3 is 9.47 Å². The molecule has 0 aliphatic heterocycles. The van der Waals surface area contributed by atoms with Crippen molar-refractivity contribution in [2.24, 2.45) is 0 Å². The normalized spacial score (nSPS) is 17.9. The van der Waals surface area contributed by atoms with E-state index in [-0.39, 0.29) is 40.2 Å². The average molecular weight is 515 g/mol. The van der Waals surface area contributed by atoms with Crippen molar-refractivity contribution in [2.45, 2.75) is 80.4 Å². The maximum atomic E-state index is 12.1. The van der Waals surface area contributed by atoms with E-state index in [1.807, 2.05) is 6.07 Å². The molecule has 0 spiro atoms. The number of methoxy groups -OCH3 is 2. The summed E-state index contributed by atoms with van der Waals surface area (Å²) in [4.78, 5) is -0.227. The Morgan fingerprint density at radius 2 is 1.38 bits per heavy atom. The van der Waals surface area contributed by atoms with Gasteiger partial charge in [-0.05, 0) is 60.0 Å². The van der Waals surface area contributed by atoms with E-state index in [4.69, 9.17) is 9.47 Å². The van der Waals surface area contributed by atoms with Crippen LogP contribution in [0.5, 0.6) is 11.5 Å². The summed E-state index contributed by atoms with van der Waals surface area (Å²) >= 11 is 0. The van der Waals surface area contributed by atoms with E-state index < -0.39 is 18.0 Å². The molecule has 2 aliphatic carbocycles. The Kier molecular flexibility index (Phi) is 10.3. The van der Waals surface area contributed by atoms with Crippen molar-refractivity contribution < 1.29 is 22.4 Å². The molecule has 2 saturated carbocycles. The predicted octanol–water partition coefficient (Wildman–Crippen LogP) is 5.74. The molecule has 0 radical (unpaired) electrons. The molecule has 4 rings (SSSR count). The van der Waals surface area contributed by atoms with Crippen LogP contribution in [0.1, 0.15) is 64.2 Å². The van der Waals surface area contributed by atoms with Gasteiger partial charge in [0, 0.05) is 0 Å². The van der Waals surface area contributed by atoms with Gasteiger partial charge in [-0.15, -0.1) is 0 Å². The average Bonchev–Trinajstić information content (AvgIpc) is 2.84. The zero-order chi connectivity index (χ0) is 23.4. The van der Waals surface area contributed by atoms with Crippen LogP contribution in [-0.4, -0.2) is 68.1 Å². The summed E-state index contributed by atoms with van der Waals surface area (Å²) in [6.07, 6.45) is 12.9. The summed E-state index contributed by atoms with van der Waals surface area (Å²) in [6.45, 7) is 0. The van der Waals surface area contributed by atoms with Crippen molar-refractivity contribution in [3.8, 4) is 22.6 Å². The SMILES string of the molecule is COc1ccc(S(=O)(=O)O)c(OC)c1-c1ccccc1P(C1CCCCC1)C1CCCCC1.[NaH]. The van der Waals surface area contributed by atoms with Crippen LogP contribution in [0.4, 0.5) is 0 Å². The van der Waals surface area contributed by atoms with Crippen LogP contribution in [-0.2, 0) is 10.1 Å². The van der Waals surface area contributed by atoms with Crippen LogP contribution in [0.3, 0.4) is 0 Å². The third kappa shape index (κ3) is 6.02. The van der Waals surface area contributed by atoms with E-state index in [0.717, 1.165) is 5.56 Å². The molecule has 0 saturated heterocycles. The molecule has 8 heteroatoms. The van der Waals surface area contributed by atoms with Crippen LogP contribution < -0.4 is 14.8 Å². The van der Waals surface area contributed by atoms with E-state index in [9.17, 15) is 13.0 Å². The molecule has 1 N–H and O–H groups in total. The van der Waals surface area contributed by atoms with Gasteiger partial charge in [0.25, 0.3) is 10.1 Å². The van der Waals surface area contributed by atoms with Crippen molar-refractivity contribution in [3.05, 3.63) is 36.4 Å². The number of benzene rings is 2. The van der Waals surface area contributed by atoms with Gasteiger partial charge in [-0.3, -0.25) is 4.55 Å². The predicted molar refractivity (Wildman–Crippen MR) is 142 cm³/mol. The summed E-state index contributed by atoms with van der Waals surface area (Å²) in [5.41, 5.74) is 2.98. The van der Waals surface area contributed by atoms with Crippen molar-refractivity contribution in [1.82, 2.24) is 0 Å². The number of hydrogen-bond acceptors (Lipinski definition) is 4. The molecule has 0 unspecified atom stereocenters. The van der Waals surface area contributed by atoms with Crippen molar-refractivity contribution in [3.63, 3.8) is 0 Å². The third-order valence-electron chi connectivity index (χ3n) is 7.17. The van der Waals surface area contributed by atoms with E-state index in [2.05, 4.69) is 18.2 Å². The number of hydrogen-bond donors (Lipinski definition) is 1. The molecule has 0 aromatic heterocycles. The van der Waals surface area contributed by atoms with Gasteiger partial charge in [0.1, 0.15) is 10.6 Å². The zero-order valence-corrected chi connectivity index (χ0v) is 21.3. The molecular weight excluding hydrogens is 478 g/mol. The molecule has 0 bridgehead atoms. The Balaban J connectivity index is 0.00000324. The number of ether oxygens (including phenoxy) is 2. The second kappa shape index (κ2) is 12.6. The van der Waals surface area contributed by atoms with Crippen LogP contribution in [0, 0.1) is 0 Å². The summed E-state index contributed by atoms with van der Waals surface area (Å²) in [7, 11) is -1.85. The van der Waals surface area contributed by atoms with E-state index >= 15 is 0 Å². The molecular formula is C26H36NaO5PS. The van der Waals surface area contributed by atoms with Crippen molar-refractivity contribution in [1.29, 1.82) is 0 Å². The summed E-state index contributed by atoms with van der Waals surface area (Å²) in [6, 6.07) is 11.4. The van der Waals surface area contributed by atoms with Crippen LogP contribution in [0.25, 0.3) is 11.1 Å². The first-order valence-corrected chi connectivity index (χ1v) is 15.0. The van der Waals surface area contributed by atoms with Gasteiger partial charge in [-0.1, -0.05) is 70.7 Å². The minimum atomic E-state index is -4.45. The summed E-state index contributed by atoms with van der Waals surface area (Å²) in [5.74, 6) is 0.695.